The Morgan fingerprint density at radius 1 is 1.39 bits per heavy atom. The molecule has 0 aliphatic carbocycles. The van der Waals surface area contributed by atoms with Gasteiger partial charge in [-0.25, -0.2) is 4.98 Å². The lowest BCUT2D eigenvalue weighted by molar-refractivity contribution is 0.415. The van der Waals surface area contributed by atoms with E-state index in [1.165, 1.54) is 0 Å². The summed E-state index contributed by atoms with van der Waals surface area (Å²) in [5.74, 6) is 0.839. The fraction of sp³-hybridized carbons (Fsp3) is 0.0769. The van der Waals surface area contributed by atoms with Crippen molar-refractivity contribution in [2.45, 2.75) is 0 Å². The maximum Gasteiger partial charge on any atom is 0.128 e. The Morgan fingerprint density at radius 3 is 3.11 bits per heavy atom. The minimum absolute atomic E-state index is 0.721. The molecule has 5 heteroatoms. The first kappa shape index (κ1) is 11.4. The molecular weight excluding hydrogens is 264 g/mol. The molecule has 0 aliphatic heterocycles. The molecular formula is C13H10N2OS2. The van der Waals surface area contributed by atoms with E-state index in [4.69, 9.17) is 17.0 Å². The monoisotopic (exact) mass is 274 g/mol. The summed E-state index contributed by atoms with van der Waals surface area (Å²) in [6.07, 6.45) is 1.64. The van der Waals surface area contributed by atoms with Crippen LogP contribution in [0.1, 0.15) is 0 Å². The van der Waals surface area contributed by atoms with Crippen molar-refractivity contribution >= 4 is 33.8 Å². The van der Waals surface area contributed by atoms with E-state index >= 15 is 0 Å². The van der Waals surface area contributed by atoms with Gasteiger partial charge in [0.1, 0.15) is 15.2 Å². The van der Waals surface area contributed by atoms with Crippen molar-refractivity contribution in [3.8, 4) is 16.9 Å². The van der Waals surface area contributed by atoms with Crippen LogP contribution in [0.25, 0.3) is 21.3 Å². The lowest BCUT2D eigenvalue weighted by Gasteiger charge is -2.03. The second-order valence-corrected chi connectivity index (χ2v) is 5.06. The average Bonchev–Trinajstić information content (AvgIpc) is 2.84. The van der Waals surface area contributed by atoms with Crippen LogP contribution in [0.4, 0.5) is 0 Å². The first-order valence-corrected chi connectivity index (χ1v) is 6.67. The zero-order valence-corrected chi connectivity index (χ0v) is 11.3. The van der Waals surface area contributed by atoms with Crippen LogP contribution in [0.15, 0.2) is 36.0 Å². The number of hydrogen-bond donors (Lipinski definition) is 1. The fourth-order valence-corrected chi connectivity index (χ4v) is 3.14. The topological polar surface area (TPSA) is 37.9 Å². The zero-order valence-electron chi connectivity index (χ0n) is 9.64. The van der Waals surface area contributed by atoms with Crippen LogP contribution in [0.5, 0.6) is 5.75 Å². The van der Waals surface area contributed by atoms with Crippen LogP contribution in [0.3, 0.4) is 0 Å². The van der Waals surface area contributed by atoms with E-state index in [-0.39, 0.29) is 0 Å². The van der Waals surface area contributed by atoms with Crippen LogP contribution in [0, 0.1) is 4.64 Å². The summed E-state index contributed by atoms with van der Waals surface area (Å²) in [6, 6.07) is 7.95. The number of nitrogens with zero attached hydrogens (tertiary/aromatic N) is 1. The molecule has 3 rings (SSSR count). The quantitative estimate of drug-likeness (QED) is 0.717. The van der Waals surface area contributed by atoms with E-state index in [0.29, 0.717) is 0 Å². The number of aromatic amines is 1. The third kappa shape index (κ3) is 1.81. The molecule has 2 heterocycles. The van der Waals surface area contributed by atoms with Crippen LogP contribution in [-0.2, 0) is 0 Å². The van der Waals surface area contributed by atoms with Gasteiger partial charge in [0, 0.05) is 10.9 Å². The minimum atomic E-state index is 0.721. The Morgan fingerprint density at radius 2 is 2.28 bits per heavy atom. The van der Waals surface area contributed by atoms with Gasteiger partial charge in [0.15, 0.2) is 0 Å². The minimum Gasteiger partial charge on any atom is -0.497 e. The van der Waals surface area contributed by atoms with Crippen molar-refractivity contribution in [2.75, 3.05) is 7.11 Å². The third-order valence-electron chi connectivity index (χ3n) is 2.76. The van der Waals surface area contributed by atoms with E-state index in [9.17, 15) is 0 Å². The predicted molar refractivity (Wildman–Crippen MR) is 76.8 cm³/mol. The largest absolute Gasteiger partial charge is 0.497 e. The second-order valence-electron chi connectivity index (χ2n) is 3.79. The molecule has 3 nitrogen and oxygen atoms in total. The van der Waals surface area contributed by atoms with Gasteiger partial charge in [-0.15, -0.1) is 11.3 Å². The maximum absolute atomic E-state index is 5.34. The van der Waals surface area contributed by atoms with E-state index in [0.717, 1.165) is 31.7 Å². The third-order valence-corrected chi connectivity index (χ3v) is 3.97. The molecule has 0 amide bonds. The fourth-order valence-electron chi connectivity index (χ4n) is 1.89. The van der Waals surface area contributed by atoms with Gasteiger partial charge in [-0.1, -0.05) is 24.4 Å². The van der Waals surface area contributed by atoms with Gasteiger partial charge in [-0.3, -0.25) is 0 Å². The molecule has 0 saturated carbocycles. The SMILES string of the molecule is COc1cccc(-c2csc3nc[nH]c(=S)c23)c1. The van der Waals surface area contributed by atoms with Gasteiger partial charge >= 0.3 is 0 Å². The molecule has 0 fully saturated rings. The molecule has 3 aromatic rings. The lowest BCUT2D eigenvalue weighted by Crippen LogP contribution is -1.84. The molecule has 0 radical (unpaired) electrons. The smallest absolute Gasteiger partial charge is 0.128 e. The number of ether oxygens (including phenoxy) is 1. The standard InChI is InChI=1S/C13H10N2OS2/c1-16-9-4-2-3-8(5-9)10-6-18-13-11(10)12(17)14-7-15-13/h2-7H,1H3,(H,14,15,17). The van der Waals surface area contributed by atoms with Gasteiger partial charge in [0.05, 0.1) is 18.8 Å². The number of rotatable bonds is 2. The number of nitrogens with one attached hydrogen (secondary N) is 1. The number of hydrogen-bond acceptors (Lipinski definition) is 4. The Bertz CT molecular complexity index is 761. The number of H-pyrrole nitrogens is 1. The number of aromatic nitrogens is 2. The van der Waals surface area contributed by atoms with Crippen LogP contribution in [-0.4, -0.2) is 17.1 Å². The Labute approximate surface area is 113 Å². The van der Waals surface area contributed by atoms with Gasteiger partial charge in [-0.05, 0) is 17.7 Å². The van der Waals surface area contributed by atoms with Crippen molar-refractivity contribution in [2.24, 2.45) is 0 Å². The molecule has 0 bridgehead atoms. The van der Waals surface area contributed by atoms with E-state index in [2.05, 4.69) is 15.3 Å². The van der Waals surface area contributed by atoms with Crippen molar-refractivity contribution in [3.05, 3.63) is 40.6 Å². The molecule has 1 aromatic carbocycles. The Hall–Kier alpha value is -1.72. The molecule has 0 saturated heterocycles. The first-order valence-electron chi connectivity index (χ1n) is 5.39. The first-order chi connectivity index (χ1) is 8.79. The summed E-state index contributed by atoms with van der Waals surface area (Å²) < 4.78 is 5.97. The van der Waals surface area contributed by atoms with Crippen LogP contribution in [0.2, 0.25) is 0 Å². The summed E-state index contributed by atoms with van der Waals surface area (Å²) in [5.41, 5.74) is 2.19. The highest BCUT2D eigenvalue weighted by Gasteiger charge is 2.09. The van der Waals surface area contributed by atoms with Crippen molar-refractivity contribution < 1.29 is 4.74 Å². The highest BCUT2D eigenvalue weighted by molar-refractivity contribution is 7.71. The number of methoxy groups -OCH3 is 1. The highest BCUT2D eigenvalue weighted by atomic mass is 32.1. The predicted octanol–water partition coefficient (Wildman–Crippen LogP) is 4.03. The normalized spacial score (nSPS) is 10.7. The Balaban J connectivity index is 2.28. The number of thiophene rings is 1. The molecule has 18 heavy (non-hydrogen) atoms. The van der Waals surface area contributed by atoms with Gasteiger partial charge in [0.2, 0.25) is 0 Å². The number of fused-ring (bicyclic) bond motifs is 1. The highest BCUT2D eigenvalue weighted by Crippen LogP contribution is 2.34. The van der Waals surface area contributed by atoms with E-state index in [1.807, 2.05) is 24.3 Å². The van der Waals surface area contributed by atoms with Gasteiger partial charge in [-0.2, -0.15) is 0 Å². The molecule has 2 aromatic heterocycles. The van der Waals surface area contributed by atoms with Gasteiger partial charge < -0.3 is 9.72 Å². The van der Waals surface area contributed by atoms with Crippen molar-refractivity contribution in [1.82, 2.24) is 9.97 Å². The maximum atomic E-state index is 5.34. The summed E-state index contributed by atoms with van der Waals surface area (Å²) in [5, 5.41) is 3.08. The summed E-state index contributed by atoms with van der Waals surface area (Å²) in [4.78, 5) is 8.23. The van der Waals surface area contributed by atoms with Gasteiger partial charge in [0.25, 0.3) is 0 Å². The summed E-state index contributed by atoms with van der Waals surface area (Å²) in [6.45, 7) is 0. The zero-order chi connectivity index (χ0) is 12.5. The van der Waals surface area contributed by atoms with E-state index < -0.39 is 0 Å². The molecule has 1 N–H and O–H groups in total. The van der Waals surface area contributed by atoms with Crippen LogP contribution >= 0.6 is 23.6 Å². The second kappa shape index (κ2) is 4.51. The average molecular weight is 274 g/mol. The number of benzene rings is 1. The molecule has 0 unspecified atom stereocenters. The summed E-state index contributed by atoms with van der Waals surface area (Å²) >= 11 is 6.93. The summed E-state index contributed by atoms with van der Waals surface area (Å²) in [7, 11) is 1.67. The molecule has 0 aliphatic rings. The van der Waals surface area contributed by atoms with Crippen LogP contribution < -0.4 is 4.74 Å². The molecule has 0 spiro atoms. The van der Waals surface area contributed by atoms with Crippen molar-refractivity contribution in [3.63, 3.8) is 0 Å². The lowest BCUT2D eigenvalue weighted by atomic mass is 10.1. The molecule has 90 valence electrons. The van der Waals surface area contributed by atoms with Crippen molar-refractivity contribution in [1.29, 1.82) is 0 Å². The van der Waals surface area contributed by atoms with E-state index in [1.54, 1.807) is 24.8 Å². The Kier molecular flexibility index (Phi) is 2.85. The molecule has 0 atom stereocenters.